The first kappa shape index (κ1) is 26.6. The Morgan fingerprint density at radius 1 is 0.914 bits per heavy atom. The van der Waals surface area contributed by atoms with E-state index in [0.717, 1.165) is 28.0 Å². The van der Waals surface area contributed by atoms with Crippen LogP contribution in [0.25, 0.3) is 0 Å². The number of hydrogen-bond donors (Lipinski definition) is 1. The molecule has 0 bridgehead atoms. The molecule has 2 amide bonds. The molecule has 3 aromatic rings. The standard InChI is InChI=1S/C30H36N2O2S/c1-5-24(4)31-30(34)28(19-25-12-7-6-8-13-25)32(20-26-14-10-9-11-23(26)3)29(33)21-35-27-17-15-22(2)16-18-27/h6-18,24,28H,5,19-21H2,1-4H3,(H,31,34)/t24-,28-/m1/s1. The van der Waals surface area contributed by atoms with Gasteiger partial charge >= 0.3 is 0 Å². The molecule has 0 aliphatic heterocycles. The van der Waals surface area contributed by atoms with Crippen molar-refractivity contribution < 1.29 is 9.59 Å². The molecule has 0 heterocycles. The van der Waals surface area contributed by atoms with Crippen LogP contribution in [0.4, 0.5) is 0 Å². The van der Waals surface area contributed by atoms with Crippen molar-refractivity contribution in [3.8, 4) is 0 Å². The predicted molar refractivity (Wildman–Crippen MR) is 145 cm³/mol. The van der Waals surface area contributed by atoms with E-state index >= 15 is 0 Å². The van der Waals surface area contributed by atoms with Crippen molar-refractivity contribution in [1.82, 2.24) is 10.2 Å². The maximum atomic E-state index is 13.7. The van der Waals surface area contributed by atoms with Gasteiger partial charge in [0.2, 0.25) is 11.8 Å². The van der Waals surface area contributed by atoms with Crippen LogP contribution in [0.5, 0.6) is 0 Å². The Balaban J connectivity index is 1.91. The number of aryl methyl sites for hydroxylation is 2. The van der Waals surface area contributed by atoms with Gasteiger partial charge in [-0.3, -0.25) is 9.59 Å². The van der Waals surface area contributed by atoms with E-state index in [0.29, 0.717) is 13.0 Å². The van der Waals surface area contributed by atoms with Crippen molar-refractivity contribution >= 4 is 23.6 Å². The number of thioether (sulfide) groups is 1. The number of amides is 2. The van der Waals surface area contributed by atoms with Crippen LogP contribution >= 0.6 is 11.8 Å². The molecule has 0 unspecified atom stereocenters. The maximum Gasteiger partial charge on any atom is 0.243 e. The van der Waals surface area contributed by atoms with Crippen LogP contribution in [0.15, 0.2) is 83.8 Å². The van der Waals surface area contributed by atoms with Crippen LogP contribution < -0.4 is 5.32 Å². The van der Waals surface area contributed by atoms with E-state index in [9.17, 15) is 9.59 Å². The number of benzene rings is 3. The zero-order valence-electron chi connectivity index (χ0n) is 21.2. The van der Waals surface area contributed by atoms with Gasteiger partial charge in [-0.2, -0.15) is 0 Å². The average Bonchev–Trinajstić information content (AvgIpc) is 2.87. The summed E-state index contributed by atoms with van der Waals surface area (Å²) in [6.07, 6.45) is 1.30. The van der Waals surface area contributed by atoms with Gasteiger partial charge in [0.25, 0.3) is 0 Å². The topological polar surface area (TPSA) is 49.4 Å². The molecule has 0 aliphatic carbocycles. The number of nitrogens with zero attached hydrogens (tertiary/aromatic N) is 1. The second kappa shape index (κ2) is 13.1. The monoisotopic (exact) mass is 488 g/mol. The summed E-state index contributed by atoms with van der Waals surface area (Å²) < 4.78 is 0. The van der Waals surface area contributed by atoms with Gasteiger partial charge in [-0.25, -0.2) is 0 Å². The lowest BCUT2D eigenvalue weighted by Gasteiger charge is -2.32. The molecule has 3 aromatic carbocycles. The molecule has 1 N–H and O–H groups in total. The fourth-order valence-electron chi connectivity index (χ4n) is 3.83. The van der Waals surface area contributed by atoms with Crippen molar-refractivity contribution in [3.05, 3.63) is 101 Å². The van der Waals surface area contributed by atoms with Crippen molar-refractivity contribution in [2.45, 2.75) is 64.1 Å². The zero-order valence-corrected chi connectivity index (χ0v) is 22.0. The Labute approximate surface area is 214 Å². The molecule has 0 aromatic heterocycles. The highest BCUT2D eigenvalue weighted by molar-refractivity contribution is 8.00. The summed E-state index contributed by atoms with van der Waals surface area (Å²) in [5.74, 6) is 0.126. The number of nitrogens with one attached hydrogen (secondary N) is 1. The molecule has 0 fully saturated rings. The summed E-state index contributed by atoms with van der Waals surface area (Å²) in [4.78, 5) is 30.1. The van der Waals surface area contributed by atoms with Crippen molar-refractivity contribution in [1.29, 1.82) is 0 Å². The third kappa shape index (κ3) is 8.00. The van der Waals surface area contributed by atoms with Crippen LogP contribution in [0.2, 0.25) is 0 Å². The molecule has 5 heteroatoms. The first-order valence-electron chi connectivity index (χ1n) is 12.2. The van der Waals surface area contributed by atoms with E-state index in [1.54, 1.807) is 4.90 Å². The molecule has 184 valence electrons. The minimum Gasteiger partial charge on any atom is -0.352 e. The van der Waals surface area contributed by atoms with Gasteiger partial charge in [-0.15, -0.1) is 11.8 Å². The molecular weight excluding hydrogens is 452 g/mol. The minimum absolute atomic E-state index is 0.0399. The average molecular weight is 489 g/mol. The van der Waals surface area contributed by atoms with Gasteiger partial charge < -0.3 is 10.2 Å². The summed E-state index contributed by atoms with van der Waals surface area (Å²) in [6, 6.07) is 25.6. The Morgan fingerprint density at radius 2 is 1.57 bits per heavy atom. The SMILES string of the molecule is CC[C@@H](C)NC(=O)[C@@H](Cc1ccccc1)N(Cc1ccccc1C)C(=O)CSc1ccc(C)cc1. The van der Waals surface area contributed by atoms with E-state index < -0.39 is 6.04 Å². The van der Waals surface area contributed by atoms with E-state index in [4.69, 9.17) is 0 Å². The number of carbonyl (C=O) groups is 2. The zero-order chi connectivity index (χ0) is 25.2. The molecule has 3 rings (SSSR count). The number of rotatable bonds is 11. The van der Waals surface area contributed by atoms with Crippen LogP contribution in [0.3, 0.4) is 0 Å². The fraction of sp³-hybridized carbons (Fsp3) is 0.333. The molecule has 35 heavy (non-hydrogen) atoms. The van der Waals surface area contributed by atoms with Gasteiger partial charge in [0, 0.05) is 23.9 Å². The highest BCUT2D eigenvalue weighted by Gasteiger charge is 2.31. The minimum atomic E-state index is -0.600. The first-order valence-corrected chi connectivity index (χ1v) is 13.2. The highest BCUT2D eigenvalue weighted by Crippen LogP contribution is 2.22. The lowest BCUT2D eigenvalue weighted by atomic mass is 10.0. The van der Waals surface area contributed by atoms with E-state index in [1.165, 1.54) is 17.3 Å². The smallest absolute Gasteiger partial charge is 0.243 e. The Hall–Kier alpha value is -3.05. The summed E-state index contributed by atoms with van der Waals surface area (Å²) in [5.41, 5.74) is 4.38. The molecule has 4 nitrogen and oxygen atoms in total. The van der Waals surface area contributed by atoms with Gasteiger partial charge in [0.15, 0.2) is 0 Å². The third-order valence-corrected chi connectivity index (χ3v) is 7.25. The molecular formula is C30H36N2O2S. The van der Waals surface area contributed by atoms with Crippen LogP contribution in [0.1, 0.15) is 42.5 Å². The lowest BCUT2D eigenvalue weighted by molar-refractivity contribution is -0.139. The van der Waals surface area contributed by atoms with E-state index in [2.05, 4.69) is 17.4 Å². The largest absolute Gasteiger partial charge is 0.352 e. The molecule has 0 saturated carbocycles. The normalized spacial score (nSPS) is 12.6. The second-order valence-corrected chi connectivity index (χ2v) is 10.1. The van der Waals surface area contributed by atoms with Gasteiger partial charge in [-0.1, -0.05) is 79.2 Å². The predicted octanol–water partition coefficient (Wildman–Crippen LogP) is 5.95. The number of carbonyl (C=O) groups excluding carboxylic acids is 2. The summed E-state index contributed by atoms with van der Waals surface area (Å²) in [7, 11) is 0. The molecule has 0 spiro atoms. The summed E-state index contributed by atoms with van der Waals surface area (Å²) in [6.45, 7) is 8.54. The molecule has 0 aliphatic rings. The molecule has 0 radical (unpaired) electrons. The fourth-order valence-corrected chi connectivity index (χ4v) is 4.61. The summed E-state index contributed by atoms with van der Waals surface area (Å²) in [5, 5.41) is 3.13. The Bertz CT molecular complexity index is 1100. The van der Waals surface area contributed by atoms with E-state index in [1.807, 2.05) is 94.4 Å². The van der Waals surface area contributed by atoms with Gasteiger partial charge in [-0.05, 0) is 56.0 Å². The van der Waals surface area contributed by atoms with Crippen LogP contribution in [-0.4, -0.2) is 34.6 Å². The third-order valence-electron chi connectivity index (χ3n) is 6.26. The second-order valence-electron chi connectivity index (χ2n) is 9.07. The van der Waals surface area contributed by atoms with Crippen molar-refractivity contribution in [2.75, 3.05) is 5.75 Å². The number of hydrogen-bond acceptors (Lipinski definition) is 3. The molecule has 0 saturated heterocycles. The van der Waals surface area contributed by atoms with Crippen LogP contribution in [0, 0.1) is 13.8 Å². The highest BCUT2D eigenvalue weighted by atomic mass is 32.2. The lowest BCUT2D eigenvalue weighted by Crippen LogP contribution is -2.52. The van der Waals surface area contributed by atoms with Crippen molar-refractivity contribution in [3.63, 3.8) is 0 Å². The van der Waals surface area contributed by atoms with Crippen molar-refractivity contribution in [2.24, 2.45) is 0 Å². The van der Waals surface area contributed by atoms with Crippen LogP contribution in [-0.2, 0) is 22.6 Å². The summed E-state index contributed by atoms with van der Waals surface area (Å²) >= 11 is 1.51. The molecule has 2 atom stereocenters. The van der Waals surface area contributed by atoms with Gasteiger partial charge in [0.05, 0.1) is 5.75 Å². The quantitative estimate of drug-likeness (QED) is 0.339. The Morgan fingerprint density at radius 3 is 2.23 bits per heavy atom. The maximum absolute atomic E-state index is 13.7. The Kier molecular flexibility index (Phi) is 9.98. The first-order chi connectivity index (χ1) is 16.9. The van der Waals surface area contributed by atoms with Gasteiger partial charge in [0.1, 0.15) is 6.04 Å². The van der Waals surface area contributed by atoms with E-state index in [-0.39, 0.29) is 23.6 Å².